The maximum Gasteiger partial charge on any atom is 0.357 e. The average Bonchev–Trinajstić information content (AvgIpc) is 2.98. The standard InChI is InChI=1S/C9H12N6O4S/c1-6-8(7(9(16)17)13-12-6)20(18,19)11-3-5-15-4-2-10-14-15/h2,4,11H,3,5H2,1H3,(H,12,13)(H,16,17). The molecule has 10 nitrogen and oxygen atoms in total. The molecule has 0 fully saturated rings. The number of sulfonamides is 1. The molecule has 0 aliphatic carbocycles. The van der Waals surface area contributed by atoms with Crippen molar-refractivity contribution in [3.05, 3.63) is 23.8 Å². The van der Waals surface area contributed by atoms with Crippen LogP contribution in [0.25, 0.3) is 0 Å². The average molecular weight is 300 g/mol. The first-order chi connectivity index (χ1) is 9.42. The molecule has 0 amide bonds. The minimum absolute atomic E-state index is 0.0510. The summed E-state index contributed by atoms with van der Waals surface area (Å²) in [6, 6.07) is 0. The molecule has 0 saturated heterocycles. The molecule has 0 aliphatic rings. The van der Waals surface area contributed by atoms with Gasteiger partial charge in [0.25, 0.3) is 0 Å². The zero-order valence-electron chi connectivity index (χ0n) is 10.4. The Balaban J connectivity index is 2.14. The predicted molar refractivity (Wildman–Crippen MR) is 65.5 cm³/mol. The molecule has 0 unspecified atom stereocenters. The molecule has 108 valence electrons. The number of nitrogens with zero attached hydrogens (tertiary/aromatic N) is 4. The minimum Gasteiger partial charge on any atom is -0.476 e. The highest BCUT2D eigenvalue weighted by molar-refractivity contribution is 7.89. The van der Waals surface area contributed by atoms with Gasteiger partial charge in [-0.2, -0.15) is 5.10 Å². The van der Waals surface area contributed by atoms with Crippen molar-refractivity contribution in [3.63, 3.8) is 0 Å². The molecule has 0 saturated carbocycles. The maximum atomic E-state index is 12.1. The number of hydrogen-bond donors (Lipinski definition) is 3. The van der Waals surface area contributed by atoms with Gasteiger partial charge in [-0.1, -0.05) is 5.21 Å². The largest absolute Gasteiger partial charge is 0.476 e. The Kier molecular flexibility index (Phi) is 3.81. The van der Waals surface area contributed by atoms with Crippen molar-refractivity contribution in [2.75, 3.05) is 6.54 Å². The molecule has 11 heteroatoms. The highest BCUT2D eigenvalue weighted by atomic mass is 32.2. The lowest BCUT2D eigenvalue weighted by molar-refractivity contribution is 0.0686. The molecule has 0 aliphatic heterocycles. The van der Waals surface area contributed by atoms with Crippen molar-refractivity contribution in [1.29, 1.82) is 0 Å². The second-order valence-corrected chi connectivity index (χ2v) is 5.60. The quantitative estimate of drug-likeness (QED) is 0.620. The topological polar surface area (TPSA) is 143 Å². The Bertz CT molecular complexity index is 705. The van der Waals surface area contributed by atoms with Gasteiger partial charge >= 0.3 is 5.97 Å². The second kappa shape index (κ2) is 5.38. The first-order valence-corrected chi connectivity index (χ1v) is 7.02. The number of H-pyrrole nitrogens is 1. The predicted octanol–water partition coefficient (Wildman–Crippen LogP) is -1.01. The van der Waals surface area contributed by atoms with Gasteiger partial charge in [0.15, 0.2) is 5.69 Å². The van der Waals surface area contributed by atoms with Crippen LogP contribution >= 0.6 is 0 Å². The molecule has 2 aromatic heterocycles. The van der Waals surface area contributed by atoms with E-state index in [2.05, 4.69) is 25.2 Å². The monoisotopic (exact) mass is 300 g/mol. The summed E-state index contributed by atoms with van der Waals surface area (Å²) in [7, 11) is -3.96. The third kappa shape index (κ3) is 2.83. The number of carboxylic acid groups (broad SMARTS) is 1. The van der Waals surface area contributed by atoms with Crippen molar-refractivity contribution >= 4 is 16.0 Å². The molecule has 20 heavy (non-hydrogen) atoms. The second-order valence-electron chi connectivity index (χ2n) is 3.90. The number of rotatable bonds is 6. The summed E-state index contributed by atoms with van der Waals surface area (Å²) >= 11 is 0. The first kappa shape index (κ1) is 14.1. The zero-order chi connectivity index (χ0) is 14.8. The van der Waals surface area contributed by atoms with Crippen LogP contribution in [-0.4, -0.2) is 51.2 Å². The van der Waals surface area contributed by atoms with Crippen LogP contribution in [0.1, 0.15) is 16.2 Å². The SMILES string of the molecule is Cc1[nH]nc(C(=O)O)c1S(=O)(=O)NCCn1ccnn1. The van der Waals surface area contributed by atoms with Gasteiger partial charge in [-0.15, -0.1) is 5.10 Å². The van der Waals surface area contributed by atoms with Crippen LogP contribution in [0.5, 0.6) is 0 Å². The summed E-state index contributed by atoms with van der Waals surface area (Å²) in [4.78, 5) is 10.6. The lowest BCUT2D eigenvalue weighted by Crippen LogP contribution is -2.29. The number of carboxylic acids is 1. The van der Waals surface area contributed by atoms with Gasteiger partial charge in [-0.25, -0.2) is 17.9 Å². The van der Waals surface area contributed by atoms with Gasteiger partial charge in [0.1, 0.15) is 4.90 Å². The first-order valence-electron chi connectivity index (χ1n) is 5.54. The highest BCUT2D eigenvalue weighted by Crippen LogP contribution is 2.17. The highest BCUT2D eigenvalue weighted by Gasteiger charge is 2.27. The molecule has 2 rings (SSSR count). The van der Waals surface area contributed by atoms with Crippen molar-refractivity contribution in [2.24, 2.45) is 0 Å². The van der Waals surface area contributed by atoms with E-state index >= 15 is 0 Å². The Morgan fingerprint density at radius 2 is 2.30 bits per heavy atom. The van der Waals surface area contributed by atoms with Crippen LogP contribution in [-0.2, 0) is 16.6 Å². The molecule has 0 spiro atoms. The molecule has 0 bridgehead atoms. The van der Waals surface area contributed by atoms with Crippen molar-refractivity contribution in [1.82, 2.24) is 29.9 Å². The van der Waals surface area contributed by atoms with Crippen molar-refractivity contribution in [3.8, 4) is 0 Å². The number of hydrogen-bond acceptors (Lipinski definition) is 6. The molecule has 2 heterocycles. The van der Waals surface area contributed by atoms with E-state index in [1.54, 1.807) is 6.20 Å². The van der Waals surface area contributed by atoms with Gasteiger partial charge in [0, 0.05) is 12.7 Å². The van der Waals surface area contributed by atoms with E-state index in [9.17, 15) is 13.2 Å². The smallest absolute Gasteiger partial charge is 0.357 e. The Morgan fingerprint density at radius 1 is 1.55 bits per heavy atom. The molecule has 2 aromatic rings. The molecule has 0 radical (unpaired) electrons. The van der Waals surface area contributed by atoms with E-state index in [4.69, 9.17) is 5.11 Å². The number of nitrogens with one attached hydrogen (secondary N) is 2. The summed E-state index contributed by atoms with van der Waals surface area (Å²) in [5, 5.41) is 22.0. The van der Waals surface area contributed by atoms with Crippen LogP contribution in [0.4, 0.5) is 0 Å². The lowest BCUT2D eigenvalue weighted by atomic mass is 10.4. The third-order valence-corrected chi connectivity index (χ3v) is 4.09. The number of carbonyl (C=O) groups is 1. The Morgan fingerprint density at radius 3 is 2.90 bits per heavy atom. The number of aryl methyl sites for hydroxylation is 1. The van der Waals surface area contributed by atoms with E-state index < -0.39 is 21.7 Å². The van der Waals surface area contributed by atoms with E-state index in [0.29, 0.717) is 0 Å². The Labute approximate surface area is 113 Å². The fraction of sp³-hybridized carbons (Fsp3) is 0.333. The van der Waals surface area contributed by atoms with E-state index in [-0.39, 0.29) is 23.7 Å². The minimum atomic E-state index is -3.96. The lowest BCUT2D eigenvalue weighted by Gasteiger charge is -2.06. The molecular formula is C9H12N6O4S. The van der Waals surface area contributed by atoms with Crippen LogP contribution in [0.3, 0.4) is 0 Å². The third-order valence-electron chi connectivity index (χ3n) is 2.47. The van der Waals surface area contributed by atoms with Crippen LogP contribution in [0.15, 0.2) is 17.3 Å². The van der Waals surface area contributed by atoms with Gasteiger partial charge in [0.05, 0.1) is 18.4 Å². The van der Waals surface area contributed by atoms with Gasteiger partial charge in [-0.05, 0) is 6.92 Å². The number of aromatic amines is 1. The number of aromatic carboxylic acids is 1. The van der Waals surface area contributed by atoms with E-state index in [1.165, 1.54) is 17.8 Å². The summed E-state index contributed by atoms with van der Waals surface area (Å²) in [6.07, 6.45) is 3.05. The summed E-state index contributed by atoms with van der Waals surface area (Å²) in [5.41, 5.74) is -0.369. The van der Waals surface area contributed by atoms with Gasteiger partial charge in [0.2, 0.25) is 10.0 Å². The fourth-order valence-corrected chi connectivity index (χ4v) is 2.95. The van der Waals surface area contributed by atoms with Gasteiger partial charge < -0.3 is 5.11 Å². The van der Waals surface area contributed by atoms with Crippen LogP contribution in [0, 0.1) is 6.92 Å². The molecule has 0 atom stereocenters. The normalized spacial score (nSPS) is 11.7. The van der Waals surface area contributed by atoms with Crippen LogP contribution in [0.2, 0.25) is 0 Å². The van der Waals surface area contributed by atoms with Crippen molar-refractivity contribution < 1.29 is 18.3 Å². The number of aromatic nitrogens is 5. The Hall–Kier alpha value is -2.27. The molecule has 0 aromatic carbocycles. The fourth-order valence-electron chi connectivity index (χ4n) is 1.61. The zero-order valence-corrected chi connectivity index (χ0v) is 11.3. The molecular weight excluding hydrogens is 288 g/mol. The van der Waals surface area contributed by atoms with E-state index in [0.717, 1.165) is 0 Å². The molecule has 3 N–H and O–H groups in total. The maximum absolute atomic E-state index is 12.1. The summed E-state index contributed by atoms with van der Waals surface area (Å²) in [6.45, 7) is 1.76. The van der Waals surface area contributed by atoms with Gasteiger partial charge in [-0.3, -0.25) is 9.78 Å². The van der Waals surface area contributed by atoms with Crippen LogP contribution < -0.4 is 4.72 Å². The summed E-state index contributed by atoms with van der Waals surface area (Å²) < 4.78 is 27.9. The van der Waals surface area contributed by atoms with E-state index in [1.807, 2.05) is 0 Å². The summed E-state index contributed by atoms with van der Waals surface area (Å²) in [5.74, 6) is -1.41. The van der Waals surface area contributed by atoms with Crippen molar-refractivity contribution in [2.45, 2.75) is 18.4 Å².